The van der Waals surface area contributed by atoms with Gasteiger partial charge in [0, 0.05) is 13.5 Å². The summed E-state index contributed by atoms with van der Waals surface area (Å²) in [4.78, 5) is 27.0. The molecule has 1 aliphatic carbocycles. The smallest absolute Gasteiger partial charge is 0.251 e. The zero-order valence-corrected chi connectivity index (χ0v) is 15.6. The first kappa shape index (κ1) is 19.7. The molecule has 0 saturated heterocycles. The second kappa shape index (κ2) is 7.95. The highest BCUT2D eigenvalue weighted by atomic mass is 16.2. The first-order valence-corrected chi connectivity index (χ1v) is 8.53. The molecule has 1 aliphatic rings. The van der Waals surface area contributed by atoms with Gasteiger partial charge in [-0.1, -0.05) is 31.4 Å². The van der Waals surface area contributed by atoms with Crippen molar-refractivity contribution in [3.05, 3.63) is 12.2 Å². The minimum atomic E-state index is -0.496. The van der Waals surface area contributed by atoms with Gasteiger partial charge in [-0.05, 0) is 47.7 Å². The Balaban J connectivity index is 3.10. The average molecular weight is 323 g/mol. The molecule has 0 unspecified atom stereocenters. The lowest BCUT2D eigenvalue weighted by Crippen LogP contribution is -2.59. The second-order valence-electron chi connectivity index (χ2n) is 7.86. The Morgan fingerprint density at radius 3 is 2.13 bits per heavy atom. The summed E-state index contributed by atoms with van der Waals surface area (Å²) >= 11 is 0. The molecule has 0 aromatic rings. The van der Waals surface area contributed by atoms with Gasteiger partial charge in [-0.25, -0.2) is 5.01 Å². The van der Waals surface area contributed by atoms with Crippen LogP contribution in [0.25, 0.3) is 0 Å². The van der Waals surface area contributed by atoms with E-state index >= 15 is 0 Å². The Kier molecular flexibility index (Phi) is 6.81. The van der Waals surface area contributed by atoms with Crippen LogP contribution in [0.5, 0.6) is 0 Å². The third-order valence-electron chi connectivity index (χ3n) is 4.22. The highest BCUT2D eigenvalue weighted by Gasteiger charge is 2.43. The van der Waals surface area contributed by atoms with E-state index in [1.165, 1.54) is 18.4 Å². The Morgan fingerprint density at radius 1 is 1.13 bits per heavy atom. The van der Waals surface area contributed by atoms with E-state index in [0.29, 0.717) is 0 Å². The summed E-state index contributed by atoms with van der Waals surface area (Å²) in [5, 5.41) is 1.53. The molecule has 0 aromatic carbocycles. The SMILES string of the molecule is CC(=O)NN(C(=O)C1(/C=C\CN(C)C)CCCCC1)C(C)(C)C. The summed E-state index contributed by atoms with van der Waals surface area (Å²) in [6, 6.07) is 0. The quantitative estimate of drug-likeness (QED) is 0.639. The highest BCUT2D eigenvalue weighted by molar-refractivity contribution is 5.87. The van der Waals surface area contributed by atoms with Gasteiger partial charge in [-0.2, -0.15) is 0 Å². The first-order valence-electron chi connectivity index (χ1n) is 8.53. The van der Waals surface area contributed by atoms with Crippen LogP contribution in [0.15, 0.2) is 12.2 Å². The number of likely N-dealkylation sites (N-methyl/N-ethyl adjacent to an activating group) is 1. The minimum absolute atomic E-state index is 0.00917. The maximum Gasteiger partial charge on any atom is 0.251 e. The highest BCUT2D eigenvalue weighted by Crippen LogP contribution is 2.40. The van der Waals surface area contributed by atoms with Gasteiger partial charge < -0.3 is 4.90 Å². The van der Waals surface area contributed by atoms with E-state index in [9.17, 15) is 9.59 Å². The fourth-order valence-corrected chi connectivity index (χ4v) is 3.03. The van der Waals surface area contributed by atoms with Crippen molar-refractivity contribution in [2.24, 2.45) is 5.41 Å². The fourth-order valence-electron chi connectivity index (χ4n) is 3.03. The Bertz CT molecular complexity index is 444. The van der Waals surface area contributed by atoms with Crippen LogP contribution in [0.3, 0.4) is 0 Å². The van der Waals surface area contributed by atoms with E-state index in [1.807, 2.05) is 34.9 Å². The van der Waals surface area contributed by atoms with Crippen LogP contribution in [-0.2, 0) is 9.59 Å². The van der Waals surface area contributed by atoms with Crippen LogP contribution < -0.4 is 5.43 Å². The van der Waals surface area contributed by atoms with Crippen LogP contribution in [0.2, 0.25) is 0 Å². The number of carbonyl (C=O) groups is 2. The Labute approximate surface area is 141 Å². The zero-order valence-electron chi connectivity index (χ0n) is 15.6. The van der Waals surface area contributed by atoms with Crippen molar-refractivity contribution in [1.82, 2.24) is 15.3 Å². The van der Waals surface area contributed by atoms with Crippen molar-refractivity contribution < 1.29 is 9.59 Å². The van der Waals surface area contributed by atoms with E-state index in [0.717, 1.165) is 32.2 Å². The van der Waals surface area contributed by atoms with Crippen molar-refractivity contribution in [2.75, 3.05) is 20.6 Å². The second-order valence-corrected chi connectivity index (χ2v) is 7.86. The molecule has 0 bridgehead atoms. The van der Waals surface area contributed by atoms with Crippen LogP contribution in [0, 0.1) is 5.41 Å². The summed E-state index contributed by atoms with van der Waals surface area (Å²) in [7, 11) is 4.02. The van der Waals surface area contributed by atoms with Crippen molar-refractivity contribution in [1.29, 1.82) is 0 Å². The standard InChI is InChI=1S/C18H33N3O2/c1-15(22)19-21(17(2,3)4)16(23)18(11-8-7-9-12-18)13-10-14-20(5)6/h10,13H,7-9,11-12,14H2,1-6H3,(H,19,22)/b13-10-. The van der Waals surface area contributed by atoms with Gasteiger partial charge in [-0.15, -0.1) is 0 Å². The van der Waals surface area contributed by atoms with Gasteiger partial charge >= 0.3 is 0 Å². The van der Waals surface area contributed by atoms with Crippen LogP contribution in [0.1, 0.15) is 59.8 Å². The summed E-state index contributed by atoms with van der Waals surface area (Å²) in [5.74, 6) is -0.202. The molecule has 23 heavy (non-hydrogen) atoms. The number of nitrogens with zero attached hydrogens (tertiary/aromatic N) is 2. The maximum absolute atomic E-state index is 13.3. The molecular weight excluding hydrogens is 290 g/mol. The molecule has 0 aromatic heterocycles. The fraction of sp³-hybridized carbons (Fsp3) is 0.778. The largest absolute Gasteiger partial charge is 0.306 e. The Hall–Kier alpha value is -1.36. The number of amides is 2. The number of nitrogens with one attached hydrogen (secondary N) is 1. The monoisotopic (exact) mass is 323 g/mol. The molecule has 1 rings (SSSR count). The maximum atomic E-state index is 13.3. The first-order chi connectivity index (χ1) is 10.6. The zero-order chi connectivity index (χ0) is 17.7. The number of carbonyl (C=O) groups excluding carboxylic acids is 2. The number of rotatable bonds is 4. The molecule has 5 nitrogen and oxygen atoms in total. The molecule has 132 valence electrons. The van der Waals surface area contributed by atoms with Crippen molar-refractivity contribution in [3.8, 4) is 0 Å². The molecule has 0 spiro atoms. The minimum Gasteiger partial charge on any atom is -0.306 e. The van der Waals surface area contributed by atoms with E-state index in [-0.39, 0.29) is 11.8 Å². The van der Waals surface area contributed by atoms with Crippen LogP contribution in [0.4, 0.5) is 0 Å². The summed E-state index contributed by atoms with van der Waals surface area (Å²) in [5.41, 5.74) is 1.79. The molecule has 0 radical (unpaired) electrons. The predicted molar refractivity (Wildman–Crippen MR) is 93.6 cm³/mol. The summed E-state index contributed by atoms with van der Waals surface area (Å²) in [6.45, 7) is 8.09. The number of hydrogen-bond donors (Lipinski definition) is 1. The molecule has 1 saturated carbocycles. The van der Waals surface area contributed by atoms with Gasteiger partial charge in [0.25, 0.3) is 5.91 Å². The van der Waals surface area contributed by atoms with Gasteiger partial charge in [0.2, 0.25) is 5.91 Å². The lowest BCUT2D eigenvalue weighted by atomic mass is 9.72. The normalized spacial score (nSPS) is 18.2. The van der Waals surface area contributed by atoms with Crippen molar-refractivity contribution in [3.63, 3.8) is 0 Å². The molecule has 0 atom stereocenters. The third-order valence-corrected chi connectivity index (χ3v) is 4.22. The summed E-state index contributed by atoms with van der Waals surface area (Å²) < 4.78 is 0. The topological polar surface area (TPSA) is 52.7 Å². The number of hydrogen-bond acceptors (Lipinski definition) is 3. The molecule has 1 fully saturated rings. The predicted octanol–water partition coefficient (Wildman–Crippen LogP) is 2.73. The molecular formula is C18H33N3O2. The van der Waals surface area contributed by atoms with Gasteiger partial charge in [0.05, 0.1) is 11.0 Å². The average Bonchev–Trinajstić information content (AvgIpc) is 2.43. The van der Waals surface area contributed by atoms with E-state index in [4.69, 9.17) is 0 Å². The third kappa shape index (κ3) is 5.65. The molecule has 0 heterocycles. The number of hydrazine groups is 1. The van der Waals surface area contributed by atoms with Crippen LogP contribution >= 0.6 is 0 Å². The van der Waals surface area contributed by atoms with Gasteiger partial charge in [0.15, 0.2) is 0 Å². The van der Waals surface area contributed by atoms with Gasteiger partial charge in [-0.3, -0.25) is 15.0 Å². The van der Waals surface area contributed by atoms with E-state index < -0.39 is 11.0 Å². The lowest BCUT2D eigenvalue weighted by Gasteiger charge is -2.43. The van der Waals surface area contributed by atoms with Crippen molar-refractivity contribution >= 4 is 11.8 Å². The van der Waals surface area contributed by atoms with E-state index in [1.54, 1.807) is 0 Å². The van der Waals surface area contributed by atoms with Gasteiger partial charge in [0.1, 0.15) is 0 Å². The molecule has 1 N–H and O–H groups in total. The summed E-state index contributed by atoms with van der Waals surface area (Å²) in [6.07, 6.45) is 9.13. The van der Waals surface area contributed by atoms with Crippen LogP contribution in [-0.4, -0.2) is 47.9 Å². The lowest BCUT2D eigenvalue weighted by molar-refractivity contribution is -0.155. The molecule has 0 aliphatic heterocycles. The Morgan fingerprint density at radius 2 is 1.70 bits per heavy atom. The molecule has 2 amide bonds. The van der Waals surface area contributed by atoms with Crippen molar-refractivity contribution in [2.45, 2.75) is 65.3 Å². The van der Waals surface area contributed by atoms with E-state index in [2.05, 4.69) is 22.5 Å². The molecule has 5 heteroatoms.